The summed E-state index contributed by atoms with van der Waals surface area (Å²) in [5.74, 6) is 1.18. The molecule has 0 aliphatic heterocycles. The molecule has 0 bridgehead atoms. The first-order valence-electron chi connectivity index (χ1n) is 5.16. The smallest absolute Gasteiger partial charge is 0.318 e. The summed E-state index contributed by atoms with van der Waals surface area (Å²) < 4.78 is 15.9. The predicted octanol–water partition coefficient (Wildman–Crippen LogP) is 1.71. The molecule has 1 heterocycles. The average molecular weight is 278 g/mol. The summed E-state index contributed by atoms with van der Waals surface area (Å²) in [7, 11) is 0.711. The van der Waals surface area contributed by atoms with Crippen molar-refractivity contribution in [3.8, 4) is 6.01 Å². The highest BCUT2D eigenvalue weighted by Gasteiger charge is 2.09. The van der Waals surface area contributed by atoms with Gasteiger partial charge in [0.05, 0.1) is 13.3 Å². The SMILES string of the molecule is COc1ncc(Cl)c(NC(C)CCS(C)=O)n1. The van der Waals surface area contributed by atoms with E-state index in [0.29, 0.717) is 16.6 Å². The molecule has 0 saturated heterocycles. The maximum Gasteiger partial charge on any atom is 0.318 e. The van der Waals surface area contributed by atoms with Crippen molar-refractivity contribution in [3.05, 3.63) is 11.2 Å². The number of ether oxygens (including phenoxy) is 1. The first kappa shape index (κ1) is 14.2. The molecule has 0 saturated carbocycles. The number of hydrogen-bond donors (Lipinski definition) is 1. The van der Waals surface area contributed by atoms with Crippen molar-refractivity contribution in [2.75, 3.05) is 24.4 Å². The van der Waals surface area contributed by atoms with E-state index in [1.807, 2.05) is 6.92 Å². The minimum Gasteiger partial charge on any atom is -0.467 e. The number of hydrogen-bond acceptors (Lipinski definition) is 5. The summed E-state index contributed by atoms with van der Waals surface area (Å²) in [5.41, 5.74) is 0. The minimum atomic E-state index is -0.786. The zero-order valence-corrected chi connectivity index (χ0v) is 11.6. The molecular weight excluding hydrogens is 262 g/mol. The van der Waals surface area contributed by atoms with E-state index in [4.69, 9.17) is 16.3 Å². The van der Waals surface area contributed by atoms with Crippen LogP contribution in [-0.4, -0.2) is 39.3 Å². The van der Waals surface area contributed by atoms with Crippen LogP contribution in [0.15, 0.2) is 6.20 Å². The first-order valence-corrected chi connectivity index (χ1v) is 7.26. The van der Waals surface area contributed by atoms with Crippen LogP contribution in [0.1, 0.15) is 13.3 Å². The van der Waals surface area contributed by atoms with Crippen LogP contribution in [0.25, 0.3) is 0 Å². The van der Waals surface area contributed by atoms with Crippen molar-refractivity contribution >= 4 is 28.2 Å². The van der Waals surface area contributed by atoms with Crippen LogP contribution >= 0.6 is 11.6 Å². The molecule has 96 valence electrons. The number of anilines is 1. The topological polar surface area (TPSA) is 64.1 Å². The lowest BCUT2D eigenvalue weighted by atomic mass is 10.2. The molecule has 1 N–H and O–H groups in total. The van der Waals surface area contributed by atoms with Gasteiger partial charge in [0.1, 0.15) is 5.02 Å². The van der Waals surface area contributed by atoms with E-state index in [1.54, 1.807) is 6.26 Å². The lowest BCUT2D eigenvalue weighted by Gasteiger charge is -2.14. The predicted molar refractivity (Wildman–Crippen MR) is 70.2 cm³/mol. The Morgan fingerprint density at radius 3 is 2.94 bits per heavy atom. The summed E-state index contributed by atoms with van der Waals surface area (Å²) >= 11 is 5.96. The van der Waals surface area contributed by atoms with Gasteiger partial charge in [0, 0.05) is 28.9 Å². The largest absolute Gasteiger partial charge is 0.467 e. The van der Waals surface area contributed by atoms with Crippen molar-refractivity contribution in [1.29, 1.82) is 0 Å². The van der Waals surface area contributed by atoms with Crippen LogP contribution in [0.4, 0.5) is 5.82 Å². The molecule has 0 spiro atoms. The third-order valence-electron chi connectivity index (χ3n) is 2.13. The third kappa shape index (κ3) is 4.87. The first-order chi connectivity index (χ1) is 8.02. The van der Waals surface area contributed by atoms with Gasteiger partial charge in [-0.3, -0.25) is 4.21 Å². The van der Waals surface area contributed by atoms with E-state index in [1.165, 1.54) is 13.3 Å². The number of rotatable bonds is 6. The van der Waals surface area contributed by atoms with Crippen molar-refractivity contribution in [3.63, 3.8) is 0 Å². The molecule has 0 amide bonds. The average Bonchev–Trinajstić information content (AvgIpc) is 2.29. The Hall–Kier alpha value is -0.880. The fourth-order valence-electron chi connectivity index (χ4n) is 1.20. The molecule has 0 aliphatic carbocycles. The van der Waals surface area contributed by atoms with Crippen LogP contribution < -0.4 is 10.1 Å². The van der Waals surface area contributed by atoms with Crippen LogP contribution in [0.5, 0.6) is 6.01 Å². The normalized spacial score (nSPS) is 14.1. The maximum absolute atomic E-state index is 11.0. The fourth-order valence-corrected chi connectivity index (χ4v) is 2.03. The van der Waals surface area contributed by atoms with Crippen LogP contribution in [0.2, 0.25) is 5.02 Å². The lowest BCUT2D eigenvalue weighted by Crippen LogP contribution is -2.19. The molecule has 0 radical (unpaired) electrons. The quantitative estimate of drug-likeness (QED) is 0.858. The molecule has 2 unspecified atom stereocenters. The molecular formula is C10H16ClN3O2S. The highest BCUT2D eigenvalue weighted by atomic mass is 35.5. The van der Waals surface area contributed by atoms with Gasteiger partial charge in [-0.1, -0.05) is 11.6 Å². The van der Waals surface area contributed by atoms with E-state index >= 15 is 0 Å². The van der Waals surface area contributed by atoms with Crippen molar-refractivity contribution in [1.82, 2.24) is 9.97 Å². The van der Waals surface area contributed by atoms with Gasteiger partial charge in [0.2, 0.25) is 0 Å². The van der Waals surface area contributed by atoms with Gasteiger partial charge in [-0.2, -0.15) is 4.98 Å². The van der Waals surface area contributed by atoms with Crippen molar-refractivity contribution in [2.45, 2.75) is 19.4 Å². The number of methoxy groups -OCH3 is 1. The van der Waals surface area contributed by atoms with Gasteiger partial charge in [0.15, 0.2) is 5.82 Å². The molecule has 2 atom stereocenters. The van der Waals surface area contributed by atoms with E-state index in [9.17, 15) is 4.21 Å². The highest BCUT2D eigenvalue weighted by Crippen LogP contribution is 2.21. The maximum atomic E-state index is 11.0. The number of halogens is 1. The Morgan fingerprint density at radius 1 is 1.65 bits per heavy atom. The molecule has 17 heavy (non-hydrogen) atoms. The summed E-state index contributed by atoms with van der Waals surface area (Å²) in [6.07, 6.45) is 3.96. The highest BCUT2D eigenvalue weighted by molar-refractivity contribution is 7.84. The van der Waals surface area contributed by atoms with Gasteiger partial charge in [-0.05, 0) is 13.3 Å². The van der Waals surface area contributed by atoms with Gasteiger partial charge in [-0.15, -0.1) is 0 Å². The Bertz CT molecular complexity index is 403. The van der Waals surface area contributed by atoms with E-state index in [2.05, 4.69) is 15.3 Å². The second-order valence-electron chi connectivity index (χ2n) is 3.66. The van der Waals surface area contributed by atoms with Gasteiger partial charge < -0.3 is 10.1 Å². The number of nitrogens with one attached hydrogen (secondary N) is 1. The third-order valence-corrected chi connectivity index (χ3v) is 3.21. The number of nitrogens with zero attached hydrogens (tertiary/aromatic N) is 2. The molecule has 7 heteroatoms. The molecule has 0 fully saturated rings. The fraction of sp³-hybridized carbons (Fsp3) is 0.600. The molecule has 1 rings (SSSR count). The van der Waals surface area contributed by atoms with E-state index in [-0.39, 0.29) is 12.1 Å². The van der Waals surface area contributed by atoms with E-state index in [0.717, 1.165) is 6.42 Å². The summed E-state index contributed by atoms with van der Waals surface area (Å²) in [5, 5.41) is 3.58. The zero-order valence-electron chi connectivity index (χ0n) is 10.1. The lowest BCUT2D eigenvalue weighted by molar-refractivity contribution is 0.380. The van der Waals surface area contributed by atoms with Gasteiger partial charge in [-0.25, -0.2) is 4.98 Å². The van der Waals surface area contributed by atoms with E-state index < -0.39 is 10.8 Å². The monoisotopic (exact) mass is 277 g/mol. The Balaban J connectivity index is 2.63. The van der Waals surface area contributed by atoms with Crippen LogP contribution in [-0.2, 0) is 10.8 Å². The molecule has 5 nitrogen and oxygen atoms in total. The molecule has 1 aromatic rings. The molecule has 0 aromatic carbocycles. The summed E-state index contributed by atoms with van der Waals surface area (Å²) in [6.45, 7) is 1.98. The Labute approximate surface area is 108 Å². The van der Waals surface area contributed by atoms with Gasteiger partial charge in [0.25, 0.3) is 0 Å². The number of aromatic nitrogens is 2. The van der Waals surface area contributed by atoms with Crippen LogP contribution in [0.3, 0.4) is 0 Å². The zero-order chi connectivity index (χ0) is 12.8. The second kappa shape index (κ2) is 6.76. The van der Waals surface area contributed by atoms with Crippen molar-refractivity contribution < 1.29 is 8.95 Å². The standard InChI is InChI=1S/C10H16ClN3O2S/c1-7(4-5-17(3)15)13-9-8(11)6-12-10(14-9)16-2/h6-7H,4-5H2,1-3H3,(H,12,13,14). The second-order valence-corrected chi connectivity index (χ2v) is 5.63. The van der Waals surface area contributed by atoms with Crippen molar-refractivity contribution in [2.24, 2.45) is 0 Å². The summed E-state index contributed by atoms with van der Waals surface area (Å²) in [4.78, 5) is 7.99. The van der Waals surface area contributed by atoms with Crippen LogP contribution in [0, 0.1) is 0 Å². The molecule has 0 aliphatic rings. The molecule has 1 aromatic heterocycles. The van der Waals surface area contributed by atoms with Gasteiger partial charge >= 0.3 is 6.01 Å². The Kier molecular flexibility index (Phi) is 5.64. The Morgan fingerprint density at radius 2 is 2.35 bits per heavy atom. The summed E-state index contributed by atoms with van der Waals surface area (Å²) in [6, 6.07) is 0.402. The minimum absolute atomic E-state index is 0.135.